The third-order valence-electron chi connectivity index (χ3n) is 3.33. The van der Waals surface area contributed by atoms with Gasteiger partial charge < -0.3 is 16.0 Å². The van der Waals surface area contributed by atoms with Gasteiger partial charge in [-0.3, -0.25) is 4.79 Å². The zero-order chi connectivity index (χ0) is 13.9. The van der Waals surface area contributed by atoms with Crippen molar-refractivity contribution in [2.24, 2.45) is 0 Å². The monoisotopic (exact) mass is 288 g/mol. The average molecular weight is 288 g/mol. The Morgan fingerprint density at radius 3 is 3.20 bits per heavy atom. The minimum atomic E-state index is -0.0374. The van der Waals surface area contributed by atoms with Gasteiger partial charge in [0.2, 0.25) is 5.91 Å². The number of aromatic nitrogens is 1. The Morgan fingerprint density at radius 1 is 1.50 bits per heavy atom. The fourth-order valence-corrected chi connectivity index (χ4v) is 3.02. The molecule has 0 radical (unpaired) electrons. The molecule has 0 fully saturated rings. The van der Waals surface area contributed by atoms with E-state index in [2.05, 4.69) is 15.2 Å². The molecule has 2 aromatic rings. The summed E-state index contributed by atoms with van der Waals surface area (Å²) in [6.07, 6.45) is 3.74. The fourth-order valence-electron chi connectivity index (χ4n) is 2.48. The van der Waals surface area contributed by atoms with E-state index in [0.29, 0.717) is 11.7 Å². The lowest BCUT2D eigenvalue weighted by Gasteiger charge is -2.30. The van der Waals surface area contributed by atoms with Gasteiger partial charge in [-0.2, -0.15) is 0 Å². The number of nitrogens with one attached hydrogen (secondary N) is 1. The summed E-state index contributed by atoms with van der Waals surface area (Å²) in [6, 6.07) is 5.89. The summed E-state index contributed by atoms with van der Waals surface area (Å²) in [7, 11) is 0. The molecule has 1 aliphatic heterocycles. The van der Waals surface area contributed by atoms with Crippen molar-refractivity contribution < 1.29 is 4.79 Å². The van der Waals surface area contributed by atoms with E-state index in [0.717, 1.165) is 30.8 Å². The van der Waals surface area contributed by atoms with Gasteiger partial charge in [-0.25, -0.2) is 4.98 Å². The van der Waals surface area contributed by atoms with Crippen molar-refractivity contribution in [1.29, 1.82) is 0 Å². The summed E-state index contributed by atoms with van der Waals surface area (Å²) in [5.41, 5.74) is 8.92. The Bertz CT molecular complexity index is 612. The number of fused-ring (bicyclic) bond motifs is 1. The lowest BCUT2D eigenvalue weighted by Crippen LogP contribution is -2.36. The Labute approximate surface area is 121 Å². The number of nitrogens with two attached hydrogens (primary N) is 1. The maximum Gasteiger partial charge on any atom is 0.245 e. The molecule has 0 saturated heterocycles. The van der Waals surface area contributed by atoms with Crippen LogP contribution in [0.5, 0.6) is 0 Å². The molecule has 3 rings (SSSR count). The van der Waals surface area contributed by atoms with Gasteiger partial charge in [0.15, 0.2) is 5.13 Å². The van der Waals surface area contributed by atoms with Crippen LogP contribution in [-0.4, -0.2) is 24.0 Å². The first kappa shape index (κ1) is 12.9. The number of amides is 1. The summed E-state index contributed by atoms with van der Waals surface area (Å²) in [5.74, 6) is -0.0374. The molecule has 2 heterocycles. The van der Waals surface area contributed by atoms with E-state index in [4.69, 9.17) is 5.73 Å². The molecule has 0 aliphatic carbocycles. The van der Waals surface area contributed by atoms with E-state index >= 15 is 0 Å². The molecule has 1 aromatic carbocycles. The maximum atomic E-state index is 12.0. The summed E-state index contributed by atoms with van der Waals surface area (Å²) in [4.78, 5) is 18.2. The molecular formula is C14H16N4OS. The third-order valence-corrected chi connectivity index (χ3v) is 4.02. The molecule has 104 valence electrons. The van der Waals surface area contributed by atoms with E-state index in [1.807, 2.05) is 23.6 Å². The van der Waals surface area contributed by atoms with E-state index < -0.39 is 0 Å². The highest BCUT2D eigenvalue weighted by Crippen LogP contribution is 2.28. The van der Waals surface area contributed by atoms with Gasteiger partial charge in [-0.15, -0.1) is 11.3 Å². The number of nitrogen functional groups attached to an aromatic ring is 1. The number of benzene rings is 1. The molecule has 5 nitrogen and oxygen atoms in total. The smallest absolute Gasteiger partial charge is 0.245 e. The fraction of sp³-hybridized carbons (Fsp3) is 0.286. The Balaban J connectivity index is 1.71. The van der Waals surface area contributed by atoms with Gasteiger partial charge in [-0.1, -0.05) is 0 Å². The second-order valence-electron chi connectivity index (χ2n) is 4.80. The molecule has 20 heavy (non-hydrogen) atoms. The second kappa shape index (κ2) is 5.50. The van der Waals surface area contributed by atoms with Gasteiger partial charge in [0.1, 0.15) is 0 Å². The molecule has 6 heteroatoms. The molecule has 0 atom stereocenters. The minimum Gasteiger partial charge on any atom is -0.399 e. The van der Waals surface area contributed by atoms with Crippen LogP contribution in [-0.2, 0) is 11.2 Å². The molecule has 0 unspecified atom stereocenters. The van der Waals surface area contributed by atoms with Gasteiger partial charge in [-0.05, 0) is 36.6 Å². The Kier molecular flexibility index (Phi) is 3.56. The van der Waals surface area contributed by atoms with Crippen LogP contribution in [0.4, 0.5) is 16.5 Å². The highest BCUT2D eigenvalue weighted by atomic mass is 32.1. The molecular weight excluding hydrogens is 272 g/mol. The summed E-state index contributed by atoms with van der Waals surface area (Å²) in [5, 5.41) is 5.30. The quantitative estimate of drug-likeness (QED) is 0.849. The number of nitrogens with zero attached hydrogens (tertiary/aromatic N) is 2. The molecule has 1 amide bonds. The summed E-state index contributed by atoms with van der Waals surface area (Å²) in [6.45, 7) is 1.23. The lowest BCUT2D eigenvalue weighted by atomic mass is 10.0. The molecule has 0 spiro atoms. The average Bonchev–Trinajstić information content (AvgIpc) is 2.91. The van der Waals surface area contributed by atoms with Crippen molar-refractivity contribution in [1.82, 2.24) is 4.98 Å². The molecule has 1 aliphatic rings. The highest BCUT2D eigenvalue weighted by Gasteiger charge is 2.19. The van der Waals surface area contributed by atoms with Crippen LogP contribution in [0.2, 0.25) is 0 Å². The first-order valence-electron chi connectivity index (χ1n) is 6.55. The first-order chi connectivity index (χ1) is 9.72. The number of hydrogen-bond donors (Lipinski definition) is 2. The first-order valence-corrected chi connectivity index (χ1v) is 7.43. The van der Waals surface area contributed by atoms with Crippen molar-refractivity contribution in [3.8, 4) is 0 Å². The van der Waals surface area contributed by atoms with Crippen molar-refractivity contribution in [3.63, 3.8) is 0 Å². The van der Waals surface area contributed by atoms with Gasteiger partial charge >= 0.3 is 0 Å². The maximum absolute atomic E-state index is 12.0. The van der Waals surface area contributed by atoms with Crippen LogP contribution >= 0.6 is 11.3 Å². The predicted octanol–water partition coefficient (Wildman–Crippen LogP) is 2.12. The van der Waals surface area contributed by atoms with Crippen LogP contribution < -0.4 is 16.0 Å². The predicted molar refractivity (Wildman–Crippen MR) is 82.1 cm³/mol. The highest BCUT2D eigenvalue weighted by molar-refractivity contribution is 7.13. The normalized spacial score (nSPS) is 13.9. The van der Waals surface area contributed by atoms with Crippen molar-refractivity contribution in [3.05, 3.63) is 35.3 Å². The lowest BCUT2D eigenvalue weighted by molar-refractivity contribution is -0.115. The van der Waals surface area contributed by atoms with E-state index in [1.54, 1.807) is 6.20 Å². The Morgan fingerprint density at radius 2 is 2.40 bits per heavy atom. The number of aryl methyl sites for hydroxylation is 1. The van der Waals surface area contributed by atoms with Crippen LogP contribution in [0.1, 0.15) is 12.0 Å². The summed E-state index contributed by atoms with van der Waals surface area (Å²) < 4.78 is 0. The van der Waals surface area contributed by atoms with Crippen molar-refractivity contribution >= 4 is 33.8 Å². The van der Waals surface area contributed by atoms with E-state index in [1.165, 1.54) is 16.9 Å². The second-order valence-corrected chi connectivity index (χ2v) is 5.69. The largest absolute Gasteiger partial charge is 0.399 e. The van der Waals surface area contributed by atoms with Crippen LogP contribution in [0.15, 0.2) is 29.8 Å². The number of anilines is 3. The third kappa shape index (κ3) is 2.75. The van der Waals surface area contributed by atoms with Crippen LogP contribution in [0.3, 0.4) is 0 Å². The Hall–Kier alpha value is -2.08. The number of carbonyl (C=O) groups is 1. The van der Waals surface area contributed by atoms with Crippen LogP contribution in [0.25, 0.3) is 0 Å². The number of carbonyl (C=O) groups excluding carboxylic acids is 1. The van der Waals surface area contributed by atoms with Crippen molar-refractivity contribution in [2.45, 2.75) is 12.8 Å². The molecule has 0 bridgehead atoms. The summed E-state index contributed by atoms with van der Waals surface area (Å²) >= 11 is 1.42. The standard InChI is InChI=1S/C14H16N4OS/c15-11-3-4-12-10(8-11)2-1-6-18(12)9-13(19)17-14-16-5-7-20-14/h3-5,7-8H,1-2,6,9,15H2,(H,16,17,19). The molecule has 0 saturated carbocycles. The minimum absolute atomic E-state index is 0.0374. The SMILES string of the molecule is Nc1ccc2c(c1)CCCN2CC(=O)Nc1nccs1. The van der Waals surface area contributed by atoms with Gasteiger partial charge in [0.25, 0.3) is 0 Å². The van der Waals surface area contributed by atoms with E-state index in [-0.39, 0.29) is 5.91 Å². The zero-order valence-corrected chi connectivity index (χ0v) is 11.8. The molecule has 1 aromatic heterocycles. The van der Waals surface area contributed by atoms with Crippen LogP contribution in [0, 0.1) is 0 Å². The van der Waals surface area contributed by atoms with E-state index in [9.17, 15) is 4.79 Å². The van der Waals surface area contributed by atoms with Crippen molar-refractivity contribution in [2.75, 3.05) is 29.0 Å². The number of hydrogen-bond acceptors (Lipinski definition) is 5. The van der Waals surface area contributed by atoms with Gasteiger partial charge in [0.05, 0.1) is 6.54 Å². The molecule has 3 N–H and O–H groups in total. The number of rotatable bonds is 3. The topological polar surface area (TPSA) is 71.2 Å². The number of thiazole rings is 1. The zero-order valence-electron chi connectivity index (χ0n) is 11.0. The van der Waals surface area contributed by atoms with Gasteiger partial charge in [0, 0.05) is 29.5 Å².